The van der Waals surface area contributed by atoms with Crippen LogP contribution in [0.2, 0.25) is 0 Å². The minimum absolute atomic E-state index is 0.140. The van der Waals surface area contributed by atoms with Gasteiger partial charge in [0.1, 0.15) is 5.82 Å². The number of rotatable bonds is 4. The van der Waals surface area contributed by atoms with Gasteiger partial charge in [-0.25, -0.2) is 4.39 Å². The van der Waals surface area contributed by atoms with E-state index in [1.807, 2.05) is 6.07 Å². The lowest BCUT2D eigenvalue weighted by atomic mass is 10.0. The highest BCUT2D eigenvalue weighted by molar-refractivity contribution is 5.16. The Morgan fingerprint density at radius 3 is 2.56 bits per heavy atom. The lowest BCUT2D eigenvalue weighted by Gasteiger charge is -2.26. The lowest BCUT2D eigenvalue weighted by molar-refractivity contribution is 0.360. The predicted octanol–water partition coefficient (Wildman–Crippen LogP) is 3.53. The van der Waals surface area contributed by atoms with Crippen LogP contribution in [0, 0.1) is 5.82 Å². The van der Waals surface area contributed by atoms with Crippen LogP contribution in [-0.4, -0.2) is 11.6 Å². The monoisotopic (exact) mass is 223 g/mol. The number of benzene rings is 1. The van der Waals surface area contributed by atoms with E-state index in [4.69, 9.17) is 0 Å². The van der Waals surface area contributed by atoms with Gasteiger partial charge in [0.25, 0.3) is 0 Å². The third-order valence-electron chi connectivity index (χ3n) is 2.43. The zero-order valence-corrected chi connectivity index (χ0v) is 10.7. The van der Waals surface area contributed by atoms with Crippen molar-refractivity contribution in [3.63, 3.8) is 0 Å². The van der Waals surface area contributed by atoms with Gasteiger partial charge in [0.05, 0.1) is 0 Å². The smallest absolute Gasteiger partial charge is 0.123 e. The molecule has 16 heavy (non-hydrogen) atoms. The molecule has 90 valence electrons. The molecule has 1 rings (SSSR count). The van der Waals surface area contributed by atoms with E-state index >= 15 is 0 Å². The van der Waals surface area contributed by atoms with Crippen LogP contribution in [-0.2, 0) is 6.42 Å². The van der Waals surface area contributed by atoms with Crippen LogP contribution < -0.4 is 5.32 Å². The molecule has 0 aromatic heterocycles. The molecular formula is C14H22FN. The summed E-state index contributed by atoms with van der Waals surface area (Å²) in [4.78, 5) is 0. The highest BCUT2D eigenvalue weighted by Crippen LogP contribution is 2.09. The van der Waals surface area contributed by atoms with Crippen LogP contribution in [0.4, 0.5) is 4.39 Å². The number of hydrogen-bond acceptors (Lipinski definition) is 1. The summed E-state index contributed by atoms with van der Waals surface area (Å²) in [5.41, 5.74) is 1.21. The fraction of sp³-hybridized carbons (Fsp3) is 0.571. The van der Waals surface area contributed by atoms with E-state index in [0.29, 0.717) is 6.04 Å². The summed E-state index contributed by atoms with van der Waals surface area (Å²) in [6.07, 6.45) is 1.95. The van der Waals surface area contributed by atoms with Crippen molar-refractivity contribution in [1.82, 2.24) is 5.32 Å². The fourth-order valence-electron chi connectivity index (χ4n) is 1.89. The Balaban J connectivity index is 2.40. The SMILES string of the molecule is CC(CCc1cccc(F)c1)NC(C)(C)C. The Morgan fingerprint density at radius 2 is 2.00 bits per heavy atom. The van der Waals surface area contributed by atoms with Crippen LogP contribution in [0.25, 0.3) is 0 Å². The molecule has 0 fully saturated rings. The van der Waals surface area contributed by atoms with Crippen molar-refractivity contribution in [3.05, 3.63) is 35.6 Å². The van der Waals surface area contributed by atoms with E-state index in [0.717, 1.165) is 18.4 Å². The van der Waals surface area contributed by atoms with E-state index in [9.17, 15) is 4.39 Å². The van der Waals surface area contributed by atoms with Crippen molar-refractivity contribution in [3.8, 4) is 0 Å². The van der Waals surface area contributed by atoms with Crippen molar-refractivity contribution in [2.45, 2.75) is 52.1 Å². The topological polar surface area (TPSA) is 12.0 Å². The second-order valence-electron chi connectivity index (χ2n) is 5.46. The van der Waals surface area contributed by atoms with Gasteiger partial charge in [0, 0.05) is 11.6 Å². The standard InChI is InChI=1S/C14H22FN/c1-11(16-14(2,3)4)8-9-12-6-5-7-13(15)10-12/h5-7,10-11,16H,8-9H2,1-4H3. The Hall–Kier alpha value is -0.890. The first-order valence-corrected chi connectivity index (χ1v) is 5.89. The molecule has 1 aromatic carbocycles. The molecule has 2 heteroatoms. The summed E-state index contributed by atoms with van der Waals surface area (Å²) in [5, 5.41) is 3.51. The molecule has 0 saturated carbocycles. The maximum atomic E-state index is 12.9. The normalized spacial score (nSPS) is 13.8. The highest BCUT2D eigenvalue weighted by Gasteiger charge is 2.13. The van der Waals surface area contributed by atoms with Gasteiger partial charge < -0.3 is 5.32 Å². The highest BCUT2D eigenvalue weighted by atomic mass is 19.1. The molecule has 0 aliphatic heterocycles. The average Bonchev–Trinajstić information content (AvgIpc) is 2.12. The summed E-state index contributed by atoms with van der Waals surface area (Å²) >= 11 is 0. The van der Waals surface area contributed by atoms with Gasteiger partial charge in [0.15, 0.2) is 0 Å². The largest absolute Gasteiger partial charge is 0.310 e. The van der Waals surface area contributed by atoms with E-state index in [1.54, 1.807) is 12.1 Å². The zero-order chi connectivity index (χ0) is 12.2. The maximum Gasteiger partial charge on any atom is 0.123 e. The molecule has 1 atom stereocenters. The van der Waals surface area contributed by atoms with Gasteiger partial charge in [0.2, 0.25) is 0 Å². The van der Waals surface area contributed by atoms with E-state index < -0.39 is 0 Å². The van der Waals surface area contributed by atoms with E-state index in [-0.39, 0.29) is 11.4 Å². The molecule has 1 aromatic rings. The minimum Gasteiger partial charge on any atom is -0.310 e. The van der Waals surface area contributed by atoms with Gasteiger partial charge in [-0.2, -0.15) is 0 Å². The summed E-state index contributed by atoms with van der Waals surface area (Å²) in [5.74, 6) is -0.145. The van der Waals surface area contributed by atoms with Gasteiger partial charge in [-0.05, 0) is 58.2 Å². The molecule has 0 aliphatic carbocycles. The molecule has 1 N–H and O–H groups in total. The van der Waals surface area contributed by atoms with E-state index in [1.165, 1.54) is 6.07 Å². The Morgan fingerprint density at radius 1 is 1.31 bits per heavy atom. The quantitative estimate of drug-likeness (QED) is 0.823. The minimum atomic E-state index is -0.145. The van der Waals surface area contributed by atoms with Crippen molar-refractivity contribution in [2.24, 2.45) is 0 Å². The Labute approximate surface area is 98.1 Å². The number of hydrogen-bond donors (Lipinski definition) is 1. The van der Waals surface area contributed by atoms with Gasteiger partial charge in [-0.15, -0.1) is 0 Å². The average molecular weight is 223 g/mol. The molecular weight excluding hydrogens is 201 g/mol. The van der Waals surface area contributed by atoms with Crippen LogP contribution in [0.3, 0.4) is 0 Å². The van der Waals surface area contributed by atoms with Crippen LogP contribution in [0.1, 0.15) is 39.7 Å². The second kappa shape index (κ2) is 5.44. The first kappa shape index (κ1) is 13.2. The zero-order valence-electron chi connectivity index (χ0n) is 10.7. The molecule has 0 aliphatic rings. The fourth-order valence-corrected chi connectivity index (χ4v) is 1.89. The molecule has 0 saturated heterocycles. The summed E-state index contributed by atoms with van der Waals surface area (Å²) in [7, 11) is 0. The summed E-state index contributed by atoms with van der Waals surface area (Å²) in [6, 6.07) is 7.30. The second-order valence-corrected chi connectivity index (χ2v) is 5.46. The number of nitrogens with one attached hydrogen (secondary N) is 1. The first-order valence-electron chi connectivity index (χ1n) is 5.89. The molecule has 1 nitrogen and oxygen atoms in total. The molecule has 0 radical (unpaired) electrons. The van der Waals surface area contributed by atoms with Crippen LogP contribution in [0.5, 0.6) is 0 Å². The van der Waals surface area contributed by atoms with Gasteiger partial charge >= 0.3 is 0 Å². The van der Waals surface area contributed by atoms with Gasteiger partial charge in [-0.1, -0.05) is 12.1 Å². The maximum absolute atomic E-state index is 12.9. The summed E-state index contributed by atoms with van der Waals surface area (Å²) < 4.78 is 12.9. The van der Waals surface area contributed by atoms with Crippen LogP contribution in [0.15, 0.2) is 24.3 Å². The van der Waals surface area contributed by atoms with E-state index in [2.05, 4.69) is 33.0 Å². The third-order valence-corrected chi connectivity index (χ3v) is 2.43. The molecule has 0 bridgehead atoms. The molecule has 0 spiro atoms. The summed E-state index contributed by atoms with van der Waals surface area (Å²) in [6.45, 7) is 8.65. The number of halogens is 1. The van der Waals surface area contributed by atoms with Crippen molar-refractivity contribution < 1.29 is 4.39 Å². The first-order chi connectivity index (χ1) is 7.37. The third kappa shape index (κ3) is 5.26. The van der Waals surface area contributed by atoms with Gasteiger partial charge in [-0.3, -0.25) is 0 Å². The van der Waals surface area contributed by atoms with Crippen molar-refractivity contribution in [2.75, 3.05) is 0 Å². The van der Waals surface area contributed by atoms with Crippen molar-refractivity contribution >= 4 is 0 Å². The van der Waals surface area contributed by atoms with Crippen LogP contribution >= 0.6 is 0 Å². The lowest BCUT2D eigenvalue weighted by Crippen LogP contribution is -2.42. The predicted molar refractivity (Wildman–Crippen MR) is 67.1 cm³/mol. The molecule has 0 amide bonds. The number of aryl methyl sites for hydroxylation is 1. The Bertz CT molecular complexity index is 328. The molecule has 1 unspecified atom stereocenters. The Kier molecular flexibility index (Phi) is 4.48. The molecule has 0 heterocycles. The van der Waals surface area contributed by atoms with Crippen molar-refractivity contribution in [1.29, 1.82) is 0 Å².